The van der Waals surface area contributed by atoms with E-state index in [1.54, 1.807) is 11.0 Å². The van der Waals surface area contributed by atoms with Gasteiger partial charge in [-0.15, -0.1) is 0 Å². The van der Waals surface area contributed by atoms with Gasteiger partial charge in [0.05, 0.1) is 5.02 Å². The molecule has 1 aliphatic carbocycles. The minimum atomic E-state index is -0.00403. The number of hydrogen-bond donors (Lipinski definition) is 1. The molecular formula is C13H16ClIN2O. The largest absolute Gasteiger partial charge is 0.337 e. The lowest BCUT2D eigenvalue weighted by Gasteiger charge is -2.27. The number of nitrogens with two attached hydrogens (primary N) is 1. The summed E-state index contributed by atoms with van der Waals surface area (Å²) in [5.74, 6) is 0.568. The van der Waals surface area contributed by atoms with Crippen molar-refractivity contribution in [1.29, 1.82) is 0 Å². The van der Waals surface area contributed by atoms with Crippen molar-refractivity contribution in [3.05, 3.63) is 32.4 Å². The van der Waals surface area contributed by atoms with Crippen LogP contribution in [0.3, 0.4) is 0 Å². The quantitative estimate of drug-likeness (QED) is 0.819. The van der Waals surface area contributed by atoms with Crippen LogP contribution in [0, 0.1) is 9.49 Å². The lowest BCUT2D eigenvalue weighted by Crippen LogP contribution is -2.43. The van der Waals surface area contributed by atoms with Gasteiger partial charge in [0.25, 0.3) is 5.91 Å². The zero-order chi connectivity index (χ0) is 13.3. The molecular weight excluding hydrogens is 363 g/mol. The molecule has 0 aliphatic heterocycles. The maximum Gasteiger partial charge on any atom is 0.253 e. The molecule has 0 spiro atoms. The van der Waals surface area contributed by atoms with Crippen molar-refractivity contribution in [2.75, 3.05) is 13.6 Å². The Labute approximate surface area is 126 Å². The van der Waals surface area contributed by atoms with Crippen LogP contribution in [-0.4, -0.2) is 30.4 Å². The van der Waals surface area contributed by atoms with Crippen molar-refractivity contribution < 1.29 is 4.79 Å². The summed E-state index contributed by atoms with van der Waals surface area (Å²) in [5.41, 5.74) is 6.39. The van der Waals surface area contributed by atoms with Crippen molar-refractivity contribution in [3.8, 4) is 0 Å². The van der Waals surface area contributed by atoms with Crippen molar-refractivity contribution in [1.82, 2.24) is 4.90 Å². The van der Waals surface area contributed by atoms with Crippen LogP contribution in [0.4, 0.5) is 0 Å². The molecule has 2 N–H and O–H groups in total. The molecule has 1 amide bonds. The first-order chi connectivity index (χ1) is 8.54. The summed E-state index contributed by atoms with van der Waals surface area (Å²) in [6.45, 7) is 0.519. The van der Waals surface area contributed by atoms with Crippen molar-refractivity contribution in [2.24, 2.45) is 11.7 Å². The van der Waals surface area contributed by atoms with Gasteiger partial charge in [-0.05, 0) is 59.5 Å². The number of carbonyl (C=O) groups excluding carboxylic acids is 1. The Kier molecular flexibility index (Phi) is 4.50. The smallest absolute Gasteiger partial charge is 0.253 e. The van der Waals surface area contributed by atoms with E-state index in [1.165, 1.54) is 12.8 Å². The zero-order valence-corrected chi connectivity index (χ0v) is 13.1. The first-order valence-corrected chi connectivity index (χ1v) is 7.42. The van der Waals surface area contributed by atoms with Crippen LogP contribution >= 0.6 is 34.2 Å². The number of halogens is 2. The highest BCUT2D eigenvalue weighted by atomic mass is 127. The van der Waals surface area contributed by atoms with Gasteiger partial charge in [0.15, 0.2) is 0 Å². The van der Waals surface area contributed by atoms with Gasteiger partial charge in [0.1, 0.15) is 0 Å². The first kappa shape index (κ1) is 14.1. The maximum absolute atomic E-state index is 12.4. The lowest BCUT2D eigenvalue weighted by atomic mass is 10.1. The summed E-state index contributed by atoms with van der Waals surface area (Å²) >= 11 is 8.19. The van der Waals surface area contributed by atoms with Crippen LogP contribution in [-0.2, 0) is 0 Å². The molecule has 0 aromatic heterocycles. The molecule has 1 aromatic rings. The third-order valence-corrected chi connectivity index (χ3v) is 4.96. The van der Waals surface area contributed by atoms with E-state index >= 15 is 0 Å². The Morgan fingerprint density at radius 3 is 2.78 bits per heavy atom. The molecule has 0 radical (unpaired) electrons. The van der Waals surface area contributed by atoms with Gasteiger partial charge in [0.2, 0.25) is 0 Å². The van der Waals surface area contributed by atoms with Crippen LogP contribution in [0.15, 0.2) is 18.2 Å². The number of nitrogens with zero attached hydrogens (tertiary/aromatic N) is 1. The number of benzene rings is 1. The topological polar surface area (TPSA) is 46.3 Å². The van der Waals surface area contributed by atoms with E-state index in [0.29, 0.717) is 23.0 Å². The number of amides is 1. The number of carbonyl (C=O) groups is 1. The number of rotatable bonds is 4. The molecule has 3 nitrogen and oxygen atoms in total. The van der Waals surface area contributed by atoms with Gasteiger partial charge < -0.3 is 10.6 Å². The minimum Gasteiger partial charge on any atom is -0.337 e. The average Bonchev–Trinajstić information content (AvgIpc) is 3.17. The molecule has 1 saturated carbocycles. The van der Waals surface area contributed by atoms with E-state index in [2.05, 4.69) is 22.6 Å². The molecule has 0 heterocycles. The second-order valence-corrected chi connectivity index (χ2v) is 6.25. The van der Waals surface area contributed by atoms with Crippen molar-refractivity contribution in [2.45, 2.75) is 18.9 Å². The Balaban J connectivity index is 2.16. The fourth-order valence-electron chi connectivity index (χ4n) is 2.13. The minimum absolute atomic E-state index is 0.00403. The molecule has 1 unspecified atom stereocenters. The normalized spacial score (nSPS) is 16.4. The lowest BCUT2D eigenvalue weighted by molar-refractivity contribution is 0.0718. The summed E-state index contributed by atoms with van der Waals surface area (Å²) in [7, 11) is 1.82. The fraction of sp³-hybridized carbons (Fsp3) is 0.462. The van der Waals surface area contributed by atoms with Crippen LogP contribution in [0.25, 0.3) is 0 Å². The van der Waals surface area contributed by atoms with Crippen molar-refractivity contribution in [3.63, 3.8) is 0 Å². The molecule has 1 aromatic carbocycles. The van der Waals surface area contributed by atoms with E-state index in [9.17, 15) is 4.79 Å². The van der Waals surface area contributed by atoms with E-state index in [-0.39, 0.29) is 11.9 Å². The second-order valence-electron chi connectivity index (χ2n) is 4.69. The van der Waals surface area contributed by atoms with Gasteiger partial charge in [-0.2, -0.15) is 0 Å². The van der Waals surface area contributed by atoms with Crippen LogP contribution < -0.4 is 5.73 Å². The van der Waals surface area contributed by atoms with Crippen LogP contribution in [0.5, 0.6) is 0 Å². The SMILES string of the molecule is CN(C(=O)c1ccc(I)c(Cl)c1)C(CN)C1CC1. The fourth-order valence-corrected chi connectivity index (χ4v) is 2.65. The number of hydrogen-bond acceptors (Lipinski definition) is 2. The van der Waals surface area contributed by atoms with Gasteiger partial charge in [-0.25, -0.2) is 0 Å². The molecule has 0 bridgehead atoms. The Bertz CT molecular complexity index is 462. The summed E-state index contributed by atoms with van der Waals surface area (Å²) in [6, 6.07) is 5.55. The second kappa shape index (κ2) is 5.75. The molecule has 2 rings (SSSR count). The molecule has 0 saturated heterocycles. The third-order valence-electron chi connectivity index (χ3n) is 3.39. The zero-order valence-electron chi connectivity index (χ0n) is 10.2. The summed E-state index contributed by atoms with van der Waals surface area (Å²) in [6.07, 6.45) is 2.35. The van der Waals surface area contributed by atoms with Gasteiger partial charge >= 0.3 is 0 Å². The van der Waals surface area contributed by atoms with Gasteiger partial charge in [-0.1, -0.05) is 11.6 Å². The average molecular weight is 379 g/mol. The highest BCUT2D eigenvalue weighted by molar-refractivity contribution is 14.1. The maximum atomic E-state index is 12.4. The first-order valence-electron chi connectivity index (χ1n) is 5.97. The highest BCUT2D eigenvalue weighted by Crippen LogP contribution is 2.35. The third kappa shape index (κ3) is 2.97. The molecule has 5 heteroatoms. The molecule has 18 heavy (non-hydrogen) atoms. The van der Waals surface area contributed by atoms with E-state index < -0.39 is 0 Å². The van der Waals surface area contributed by atoms with E-state index in [4.69, 9.17) is 17.3 Å². The van der Waals surface area contributed by atoms with Crippen LogP contribution in [0.1, 0.15) is 23.2 Å². The predicted octanol–water partition coefficient (Wildman–Crippen LogP) is 2.75. The molecule has 1 fully saturated rings. The molecule has 1 aliphatic rings. The Hall–Kier alpha value is -0.330. The monoisotopic (exact) mass is 378 g/mol. The summed E-state index contributed by atoms with van der Waals surface area (Å²) in [4.78, 5) is 14.1. The highest BCUT2D eigenvalue weighted by Gasteiger charge is 2.35. The Morgan fingerprint density at radius 2 is 2.28 bits per heavy atom. The predicted molar refractivity (Wildman–Crippen MR) is 81.8 cm³/mol. The van der Waals surface area contributed by atoms with E-state index in [0.717, 1.165) is 3.57 Å². The summed E-state index contributed by atoms with van der Waals surface area (Å²) < 4.78 is 0.950. The van der Waals surface area contributed by atoms with E-state index in [1.807, 2.05) is 19.2 Å². The van der Waals surface area contributed by atoms with Gasteiger partial charge in [-0.3, -0.25) is 4.79 Å². The standard InChI is InChI=1S/C13H16ClIN2O/c1-17(12(7-16)8-2-3-8)13(18)9-4-5-11(15)10(14)6-9/h4-6,8,12H,2-3,7,16H2,1H3. The van der Waals surface area contributed by atoms with Crippen molar-refractivity contribution >= 4 is 40.1 Å². The van der Waals surface area contributed by atoms with Crippen LogP contribution in [0.2, 0.25) is 5.02 Å². The molecule has 98 valence electrons. The van der Waals surface area contributed by atoms with Gasteiger partial charge in [0, 0.05) is 28.8 Å². The summed E-state index contributed by atoms with van der Waals surface area (Å²) in [5, 5.41) is 0.616. The molecule has 1 atom stereocenters. The Morgan fingerprint density at radius 1 is 1.61 bits per heavy atom. The number of likely N-dealkylation sites (N-methyl/N-ethyl adjacent to an activating group) is 1.